The third-order valence-corrected chi connectivity index (χ3v) is 8.87. The molecule has 1 aliphatic heterocycles. The van der Waals surface area contributed by atoms with Crippen LogP contribution >= 0.6 is 11.8 Å². The molecule has 1 N–H and O–H groups in total. The van der Waals surface area contributed by atoms with Gasteiger partial charge in [-0.1, -0.05) is 42.5 Å². The van der Waals surface area contributed by atoms with E-state index >= 15 is 0 Å². The van der Waals surface area contributed by atoms with Gasteiger partial charge in [-0.3, -0.25) is 14.5 Å². The summed E-state index contributed by atoms with van der Waals surface area (Å²) in [6.07, 6.45) is 0. The first-order chi connectivity index (χ1) is 22.4. The van der Waals surface area contributed by atoms with Crippen molar-refractivity contribution in [2.75, 3.05) is 31.4 Å². The molecular formula is C35H30F2N4O4S. The van der Waals surface area contributed by atoms with Gasteiger partial charge in [0.1, 0.15) is 35.5 Å². The number of amides is 2. The van der Waals surface area contributed by atoms with Crippen LogP contribution in [0.25, 0.3) is 16.9 Å². The molecule has 6 rings (SSSR count). The number of carbonyl (C=O) groups excluding carboxylic acids is 2. The van der Waals surface area contributed by atoms with Crippen molar-refractivity contribution in [3.05, 3.63) is 125 Å². The first kappa shape index (κ1) is 30.8. The summed E-state index contributed by atoms with van der Waals surface area (Å²) in [6.45, 7) is -0.157. The predicted molar refractivity (Wildman–Crippen MR) is 173 cm³/mol. The topological polar surface area (TPSA) is 85.7 Å². The fraction of sp³-hybridized carbons (Fsp3) is 0.171. The zero-order valence-corrected chi connectivity index (χ0v) is 25.9. The zero-order chi connectivity index (χ0) is 32.2. The highest BCUT2D eigenvalue weighted by Gasteiger charge is 2.38. The van der Waals surface area contributed by atoms with Crippen molar-refractivity contribution >= 4 is 29.4 Å². The molecule has 0 saturated carbocycles. The Labute approximate surface area is 268 Å². The molecular weight excluding hydrogens is 610 g/mol. The van der Waals surface area contributed by atoms with Gasteiger partial charge in [0.15, 0.2) is 0 Å². The van der Waals surface area contributed by atoms with Gasteiger partial charge in [0, 0.05) is 23.2 Å². The van der Waals surface area contributed by atoms with E-state index in [9.17, 15) is 18.4 Å². The monoisotopic (exact) mass is 640 g/mol. The summed E-state index contributed by atoms with van der Waals surface area (Å²) in [5.74, 6) is 0.104. The lowest BCUT2D eigenvalue weighted by atomic mass is 9.98. The van der Waals surface area contributed by atoms with Gasteiger partial charge in [-0.15, -0.1) is 11.8 Å². The quantitative estimate of drug-likeness (QED) is 0.203. The smallest absolute Gasteiger partial charge is 0.240 e. The normalized spacial score (nSPS) is 14.4. The summed E-state index contributed by atoms with van der Waals surface area (Å²) < 4.78 is 40.4. The first-order valence-corrected chi connectivity index (χ1v) is 15.5. The van der Waals surface area contributed by atoms with Crippen LogP contribution in [0.5, 0.6) is 11.5 Å². The number of benzene rings is 4. The molecule has 0 fully saturated rings. The van der Waals surface area contributed by atoms with Gasteiger partial charge in [0.25, 0.3) is 0 Å². The number of nitrogens with zero attached hydrogens (tertiary/aromatic N) is 3. The van der Waals surface area contributed by atoms with E-state index < -0.39 is 17.0 Å². The van der Waals surface area contributed by atoms with Crippen molar-refractivity contribution in [2.24, 2.45) is 0 Å². The van der Waals surface area contributed by atoms with Crippen LogP contribution in [-0.2, 0) is 16.1 Å². The minimum Gasteiger partial charge on any atom is -0.497 e. The Morgan fingerprint density at radius 3 is 2.30 bits per heavy atom. The van der Waals surface area contributed by atoms with E-state index in [2.05, 4.69) is 5.32 Å². The van der Waals surface area contributed by atoms with Crippen molar-refractivity contribution in [2.45, 2.75) is 11.8 Å². The lowest BCUT2D eigenvalue weighted by Crippen LogP contribution is -2.42. The molecule has 0 saturated heterocycles. The molecule has 1 aliphatic rings. The highest BCUT2D eigenvalue weighted by molar-refractivity contribution is 8.00. The Kier molecular flexibility index (Phi) is 9.02. The third-order valence-electron chi connectivity index (χ3n) is 7.63. The number of halogens is 2. The molecule has 2 amide bonds. The van der Waals surface area contributed by atoms with Crippen molar-refractivity contribution in [1.29, 1.82) is 0 Å². The Morgan fingerprint density at radius 2 is 1.63 bits per heavy atom. The number of carbonyl (C=O) groups is 2. The first-order valence-electron chi connectivity index (χ1n) is 14.5. The Hall–Kier alpha value is -5.16. The van der Waals surface area contributed by atoms with Gasteiger partial charge in [-0.05, 0) is 60.2 Å². The largest absolute Gasteiger partial charge is 0.497 e. The maximum absolute atomic E-state index is 14.1. The van der Waals surface area contributed by atoms with Crippen molar-refractivity contribution in [3.8, 4) is 28.4 Å². The molecule has 0 aliphatic carbocycles. The Balaban J connectivity index is 1.53. The van der Waals surface area contributed by atoms with Crippen LogP contribution in [0.4, 0.5) is 14.6 Å². The molecule has 2 heterocycles. The summed E-state index contributed by atoms with van der Waals surface area (Å²) in [5, 5.41) is 7.39. The second-order valence-electron chi connectivity index (χ2n) is 10.5. The molecule has 1 atom stereocenters. The second kappa shape index (κ2) is 13.5. The van der Waals surface area contributed by atoms with E-state index in [-0.39, 0.29) is 30.6 Å². The van der Waals surface area contributed by atoms with E-state index in [1.165, 1.54) is 40.9 Å². The number of nitrogens with one attached hydrogen (secondary N) is 1. The van der Waals surface area contributed by atoms with Gasteiger partial charge in [0.2, 0.25) is 11.8 Å². The Bertz CT molecular complexity index is 1860. The van der Waals surface area contributed by atoms with Crippen molar-refractivity contribution in [1.82, 2.24) is 15.1 Å². The van der Waals surface area contributed by atoms with Crippen LogP contribution in [0.1, 0.15) is 21.9 Å². The van der Waals surface area contributed by atoms with E-state index in [0.717, 1.165) is 11.1 Å². The molecule has 0 bridgehead atoms. The second-order valence-corrected chi connectivity index (χ2v) is 11.6. The molecule has 8 nitrogen and oxygen atoms in total. The molecule has 1 unspecified atom stereocenters. The SMILES string of the molecule is COc1ccc(OC)c(C2SCC(=O)N(CC(=O)NCc3ccc(F)cc3)c3c2c(-c2ccccc2)nn3-c2ccc(F)cc2)c1. The molecule has 46 heavy (non-hydrogen) atoms. The summed E-state index contributed by atoms with van der Waals surface area (Å²) in [7, 11) is 3.16. The molecule has 4 aromatic carbocycles. The molecule has 0 spiro atoms. The van der Waals surface area contributed by atoms with Gasteiger partial charge in [-0.2, -0.15) is 5.10 Å². The lowest BCUT2D eigenvalue weighted by Gasteiger charge is -2.23. The van der Waals surface area contributed by atoms with E-state index in [4.69, 9.17) is 14.6 Å². The molecule has 5 aromatic rings. The number of fused-ring (bicyclic) bond motifs is 1. The number of anilines is 1. The summed E-state index contributed by atoms with van der Waals surface area (Å²) in [6, 6.07) is 26.6. The standard InChI is InChI=1S/C35H30F2N4O4S/c1-44-27-16-17-29(45-2)28(18-27)34-32-33(23-6-4-3-5-7-23)39-41(26-14-12-25(37)13-15-26)35(32)40(31(43)21-46-34)20-30(42)38-19-22-8-10-24(36)11-9-22/h3-18,34H,19-21H2,1-2H3,(H,38,42). The van der Waals surface area contributed by atoms with Crippen molar-refractivity contribution in [3.63, 3.8) is 0 Å². The fourth-order valence-electron chi connectivity index (χ4n) is 5.38. The minimum absolute atomic E-state index is 0.0442. The molecule has 11 heteroatoms. The summed E-state index contributed by atoms with van der Waals surface area (Å²) >= 11 is 1.39. The van der Waals surface area contributed by atoms with Crippen LogP contribution in [0.15, 0.2) is 97.1 Å². The number of rotatable bonds is 9. The number of hydrogen-bond donors (Lipinski definition) is 1. The number of ether oxygens (including phenoxy) is 2. The number of hydrogen-bond acceptors (Lipinski definition) is 6. The maximum Gasteiger partial charge on any atom is 0.240 e. The van der Waals surface area contributed by atoms with Gasteiger partial charge < -0.3 is 14.8 Å². The van der Waals surface area contributed by atoms with E-state index in [1.54, 1.807) is 49.2 Å². The van der Waals surface area contributed by atoms with Crippen LogP contribution in [0.3, 0.4) is 0 Å². The average molecular weight is 641 g/mol. The predicted octanol–water partition coefficient (Wildman–Crippen LogP) is 6.32. The molecule has 1 aromatic heterocycles. The highest BCUT2D eigenvalue weighted by atomic mass is 32.2. The third kappa shape index (κ3) is 6.32. The molecule has 234 valence electrons. The zero-order valence-electron chi connectivity index (χ0n) is 25.1. The number of methoxy groups -OCH3 is 2. The van der Waals surface area contributed by atoms with E-state index in [1.807, 2.05) is 42.5 Å². The fourth-order valence-corrected chi connectivity index (χ4v) is 6.60. The van der Waals surface area contributed by atoms with Crippen LogP contribution < -0.4 is 19.7 Å². The van der Waals surface area contributed by atoms with Crippen LogP contribution in [0.2, 0.25) is 0 Å². The summed E-state index contributed by atoms with van der Waals surface area (Å²) in [5.41, 5.74) is 4.05. The van der Waals surface area contributed by atoms with Gasteiger partial charge >= 0.3 is 0 Å². The minimum atomic E-state index is -0.472. The van der Waals surface area contributed by atoms with E-state index in [0.29, 0.717) is 39.8 Å². The van der Waals surface area contributed by atoms with Crippen LogP contribution in [0, 0.1) is 11.6 Å². The van der Waals surface area contributed by atoms with Gasteiger partial charge in [-0.25, -0.2) is 13.5 Å². The maximum atomic E-state index is 14.1. The number of thioether (sulfide) groups is 1. The summed E-state index contributed by atoms with van der Waals surface area (Å²) in [4.78, 5) is 28.8. The van der Waals surface area contributed by atoms with Gasteiger partial charge in [0.05, 0.1) is 36.6 Å². The lowest BCUT2D eigenvalue weighted by molar-refractivity contribution is -0.123. The highest BCUT2D eigenvalue weighted by Crippen LogP contribution is 2.51. The van der Waals surface area contributed by atoms with Crippen molar-refractivity contribution < 1.29 is 27.8 Å². The Morgan fingerprint density at radius 1 is 0.935 bits per heavy atom. The van der Waals surface area contributed by atoms with Crippen LogP contribution in [-0.4, -0.2) is 48.1 Å². The average Bonchev–Trinajstić information content (AvgIpc) is 3.41. The number of aromatic nitrogens is 2. The molecule has 0 radical (unpaired) electrons.